The Morgan fingerprint density at radius 2 is 2.03 bits per heavy atom. The van der Waals surface area contributed by atoms with Gasteiger partial charge in [0.05, 0.1) is 24.1 Å². The molecule has 1 aliphatic rings. The van der Waals surface area contributed by atoms with E-state index in [1.807, 2.05) is 30.5 Å². The Balaban J connectivity index is 1.60. The largest absolute Gasteiger partial charge is 0.488 e. The topological polar surface area (TPSA) is 59.6 Å². The van der Waals surface area contributed by atoms with Gasteiger partial charge in [0.1, 0.15) is 23.8 Å². The summed E-state index contributed by atoms with van der Waals surface area (Å²) in [6, 6.07) is 18.8. The summed E-state index contributed by atoms with van der Waals surface area (Å²) in [5.41, 5.74) is 7.89. The summed E-state index contributed by atoms with van der Waals surface area (Å²) >= 11 is 0. The van der Waals surface area contributed by atoms with Crippen LogP contribution in [0.25, 0.3) is 11.2 Å². The average molecular weight is 439 g/mol. The number of ether oxygens (including phenoxy) is 2. The monoisotopic (exact) mass is 439 g/mol. The first-order valence-electron chi connectivity index (χ1n) is 10.7. The highest BCUT2D eigenvalue weighted by molar-refractivity contribution is 5.88. The molecule has 2 aromatic carbocycles. The van der Waals surface area contributed by atoms with E-state index in [1.165, 1.54) is 12.1 Å². The van der Waals surface area contributed by atoms with Gasteiger partial charge in [0, 0.05) is 42.5 Å². The maximum absolute atomic E-state index is 13.9. The first-order valence-corrected chi connectivity index (χ1v) is 10.7. The van der Waals surface area contributed by atoms with Crippen LogP contribution in [0.5, 0.6) is 5.75 Å². The molecule has 6 heteroatoms. The van der Waals surface area contributed by atoms with Crippen molar-refractivity contribution in [3.05, 3.63) is 106 Å². The summed E-state index contributed by atoms with van der Waals surface area (Å²) in [4.78, 5) is 4.72. The SMILES string of the molecule is COCc1nc2ccccn2c1Cc1ccc2c(c1)COc1cc(F)ccc1/C2=C(\C)C#N. The van der Waals surface area contributed by atoms with Gasteiger partial charge >= 0.3 is 0 Å². The molecule has 0 saturated carbocycles. The molecular weight excluding hydrogens is 417 g/mol. The fourth-order valence-corrected chi connectivity index (χ4v) is 4.43. The van der Waals surface area contributed by atoms with Gasteiger partial charge in [-0.2, -0.15) is 5.26 Å². The van der Waals surface area contributed by atoms with Crippen LogP contribution in [-0.2, 0) is 24.4 Å². The molecule has 2 aromatic heterocycles. The summed E-state index contributed by atoms with van der Waals surface area (Å²) in [5.74, 6) is 0.0779. The first kappa shape index (κ1) is 20.9. The van der Waals surface area contributed by atoms with Crippen molar-refractivity contribution in [2.75, 3.05) is 7.11 Å². The maximum Gasteiger partial charge on any atom is 0.137 e. The Bertz CT molecular complexity index is 1450. The van der Waals surface area contributed by atoms with E-state index in [0.717, 1.165) is 44.9 Å². The van der Waals surface area contributed by atoms with Gasteiger partial charge in [0.2, 0.25) is 0 Å². The van der Waals surface area contributed by atoms with Crippen LogP contribution in [0.4, 0.5) is 4.39 Å². The third-order valence-electron chi connectivity index (χ3n) is 5.94. The van der Waals surface area contributed by atoms with Crippen molar-refractivity contribution in [2.24, 2.45) is 0 Å². The molecule has 0 unspecified atom stereocenters. The van der Waals surface area contributed by atoms with E-state index in [0.29, 0.717) is 31.0 Å². The lowest BCUT2D eigenvalue weighted by atomic mass is 9.89. The van der Waals surface area contributed by atoms with Crippen LogP contribution in [-0.4, -0.2) is 16.5 Å². The molecule has 5 rings (SSSR count). The number of benzene rings is 2. The highest BCUT2D eigenvalue weighted by atomic mass is 19.1. The molecule has 0 spiro atoms. The Kier molecular flexibility index (Phi) is 5.41. The van der Waals surface area contributed by atoms with Gasteiger partial charge in [0.25, 0.3) is 0 Å². The number of imidazole rings is 1. The number of hydrogen-bond donors (Lipinski definition) is 0. The molecule has 0 saturated heterocycles. The summed E-state index contributed by atoms with van der Waals surface area (Å²) in [6.45, 7) is 2.50. The Hall–Kier alpha value is -3.95. The lowest BCUT2D eigenvalue weighted by Crippen LogP contribution is -2.02. The third kappa shape index (κ3) is 3.77. The number of halogens is 1. The summed E-state index contributed by atoms with van der Waals surface area (Å²) in [7, 11) is 1.67. The number of pyridine rings is 1. The van der Waals surface area contributed by atoms with Gasteiger partial charge in [-0.25, -0.2) is 9.37 Å². The summed E-state index contributed by atoms with van der Waals surface area (Å²) in [6.07, 6.45) is 2.67. The van der Waals surface area contributed by atoms with Crippen LogP contribution in [0.15, 0.2) is 66.4 Å². The molecule has 0 radical (unpaired) electrons. The number of nitriles is 1. The minimum atomic E-state index is -0.368. The van der Waals surface area contributed by atoms with Crippen LogP contribution in [0.1, 0.15) is 40.6 Å². The fraction of sp³-hybridized carbons (Fsp3) is 0.185. The molecule has 3 heterocycles. The number of rotatable bonds is 4. The zero-order valence-corrected chi connectivity index (χ0v) is 18.4. The van der Waals surface area contributed by atoms with Crippen LogP contribution >= 0.6 is 0 Å². The van der Waals surface area contributed by atoms with Gasteiger partial charge in [-0.1, -0.05) is 24.3 Å². The normalized spacial score (nSPS) is 14.1. The van der Waals surface area contributed by atoms with E-state index >= 15 is 0 Å². The highest BCUT2D eigenvalue weighted by Gasteiger charge is 2.23. The molecule has 0 fully saturated rings. The minimum Gasteiger partial charge on any atom is -0.488 e. The standard InChI is InChI=1S/C27H22FN3O2/c1-17(14-29)27-21-8-6-18(11-19(21)15-33-25-13-20(28)7-9-22(25)27)12-24-23(16-32-2)30-26-5-3-4-10-31(24)26/h3-11,13H,12,15-16H2,1-2H3/b27-17+. The maximum atomic E-state index is 13.9. The van der Waals surface area contributed by atoms with Crippen LogP contribution in [0, 0.1) is 17.1 Å². The van der Waals surface area contributed by atoms with Crippen molar-refractivity contribution in [3.63, 3.8) is 0 Å². The van der Waals surface area contributed by atoms with Gasteiger partial charge < -0.3 is 13.9 Å². The predicted octanol–water partition coefficient (Wildman–Crippen LogP) is 5.45. The van der Waals surface area contributed by atoms with Gasteiger partial charge in [-0.05, 0) is 47.9 Å². The van der Waals surface area contributed by atoms with E-state index in [9.17, 15) is 9.65 Å². The van der Waals surface area contributed by atoms with Crippen LogP contribution < -0.4 is 4.74 Å². The summed E-state index contributed by atoms with van der Waals surface area (Å²) in [5, 5.41) is 9.65. The van der Waals surface area contributed by atoms with E-state index in [4.69, 9.17) is 14.5 Å². The van der Waals surface area contributed by atoms with E-state index in [2.05, 4.69) is 22.6 Å². The molecule has 5 nitrogen and oxygen atoms in total. The predicted molar refractivity (Wildman–Crippen MR) is 123 cm³/mol. The van der Waals surface area contributed by atoms with Crippen LogP contribution in [0.2, 0.25) is 0 Å². The Labute approximate surface area is 191 Å². The fourth-order valence-electron chi connectivity index (χ4n) is 4.43. The lowest BCUT2D eigenvalue weighted by Gasteiger charge is -2.13. The molecule has 0 N–H and O–H groups in total. The van der Waals surface area contributed by atoms with Crippen molar-refractivity contribution in [1.29, 1.82) is 5.26 Å². The van der Waals surface area contributed by atoms with Gasteiger partial charge in [-0.15, -0.1) is 0 Å². The van der Waals surface area contributed by atoms with E-state index in [-0.39, 0.29) is 5.82 Å². The number of methoxy groups -OCH3 is 1. The van der Waals surface area contributed by atoms with E-state index < -0.39 is 0 Å². The van der Waals surface area contributed by atoms with Gasteiger partial charge in [0.15, 0.2) is 0 Å². The molecule has 0 bridgehead atoms. The Morgan fingerprint density at radius 1 is 1.18 bits per heavy atom. The number of allylic oxidation sites excluding steroid dienone is 1. The van der Waals surface area contributed by atoms with E-state index in [1.54, 1.807) is 20.1 Å². The van der Waals surface area contributed by atoms with Crippen molar-refractivity contribution in [1.82, 2.24) is 9.38 Å². The zero-order valence-electron chi connectivity index (χ0n) is 18.4. The third-order valence-corrected chi connectivity index (χ3v) is 5.94. The van der Waals surface area contributed by atoms with Crippen LogP contribution in [0.3, 0.4) is 0 Å². The van der Waals surface area contributed by atoms with Crippen molar-refractivity contribution >= 4 is 11.2 Å². The number of nitrogens with zero attached hydrogens (tertiary/aromatic N) is 3. The van der Waals surface area contributed by atoms with Crippen molar-refractivity contribution in [3.8, 4) is 11.8 Å². The molecular formula is C27H22FN3O2. The molecule has 0 aliphatic carbocycles. The quantitative estimate of drug-likeness (QED) is 0.397. The molecule has 0 amide bonds. The highest BCUT2D eigenvalue weighted by Crippen LogP contribution is 2.39. The van der Waals surface area contributed by atoms with Crippen molar-refractivity contribution < 1.29 is 13.9 Å². The zero-order chi connectivity index (χ0) is 22.9. The molecule has 164 valence electrons. The molecule has 33 heavy (non-hydrogen) atoms. The first-order chi connectivity index (χ1) is 16.1. The van der Waals surface area contributed by atoms with Crippen molar-refractivity contribution in [2.45, 2.75) is 26.6 Å². The second-order valence-corrected chi connectivity index (χ2v) is 8.08. The second-order valence-electron chi connectivity index (χ2n) is 8.08. The number of aromatic nitrogens is 2. The average Bonchev–Trinajstić information content (AvgIpc) is 3.07. The Morgan fingerprint density at radius 3 is 2.85 bits per heavy atom. The summed E-state index contributed by atoms with van der Waals surface area (Å²) < 4.78 is 27.3. The minimum absolute atomic E-state index is 0.292. The molecule has 1 aliphatic heterocycles. The lowest BCUT2D eigenvalue weighted by molar-refractivity contribution is 0.181. The molecule has 4 aromatic rings. The second kappa shape index (κ2) is 8.53. The number of hydrogen-bond acceptors (Lipinski definition) is 4. The smallest absolute Gasteiger partial charge is 0.137 e. The van der Waals surface area contributed by atoms with Gasteiger partial charge in [-0.3, -0.25) is 0 Å². The molecule has 0 atom stereocenters. The number of fused-ring (bicyclic) bond motifs is 3.